The van der Waals surface area contributed by atoms with Gasteiger partial charge in [0.15, 0.2) is 0 Å². The highest BCUT2D eigenvalue weighted by Gasteiger charge is 2.40. The molecule has 1 saturated heterocycles. The van der Waals surface area contributed by atoms with E-state index in [-0.39, 0.29) is 29.8 Å². The first-order chi connectivity index (χ1) is 11.0. The maximum atomic E-state index is 12.7. The summed E-state index contributed by atoms with van der Waals surface area (Å²) in [6, 6.07) is 4.70. The second-order valence-corrected chi connectivity index (χ2v) is 7.64. The van der Waals surface area contributed by atoms with E-state index in [1.165, 1.54) is 35.9 Å². The van der Waals surface area contributed by atoms with Crippen molar-refractivity contribution in [2.45, 2.75) is 11.0 Å². The number of benzene rings is 1. The minimum atomic E-state index is -3.66. The van der Waals surface area contributed by atoms with Gasteiger partial charge in [0.25, 0.3) is 5.19 Å². The van der Waals surface area contributed by atoms with Crippen molar-refractivity contribution in [3.8, 4) is 16.7 Å². The summed E-state index contributed by atoms with van der Waals surface area (Å²) in [6.07, 6.45) is 1.46. The summed E-state index contributed by atoms with van der Waals surface area (Å²) in [5.74, 6) is 0.746. The smallest absolute Gasteiger partial charge is 0.273 e. The van der Waals surface area contributed by atoms with Crippen LogP contribution in [-0.4, -0.2) is 51.1 Å². The Labute approximate surface area is 138 Å². The van der Waals surface area contributed by atoms with Crippen molar-refractivity contribution >= 4 is 21.4 Å². The number of methoxy groups -OCH3 is 2. The summed E-state index contributed by atoms with van der Waals surface area (Å²) in [4.78, 5) is 4.12. The number of hydrogen-bond donors (Lipinski definition) is 0. The number of sulfonamides is 1. The van der Waals surface area contributed by atoms with Crippen molar-refractivity contribution in [2.24, 2.45) is 0 Å². The van der Waals surface area contributed by atoms with Gasteiger partial charge in [0.2, 0.25) is 10.0 Å². The van der Waals surface area contributed by atoms with Crippen LogP contribution in [0.3, 0.4) is 0 Å². The second-order valence-electron chi connectivity index (χ2n) is 4.88. The van der Waals surface area contributed by atoms with E-state index in [0.29, 0.717) is 10.9 Å². The van der Waals surface area contributed by atoms with Gasteiger partial charge < -0.3 is 14.2 Å². The standard InChI is InChI=1S/C14H16N2O5S2/c1-19-10-3-4-12(20-2)13(7-10)23(17,18)16-8-11(9-16)21-14-15-5-6-22-14/h3-7,11H,8-9H2,1-2H3. The Bertz CT molecular complexity index is 770. The lowest BCUT2D eigenvalue weighted by molar-refractivity contribution is 0.0758. The van der Waals surface area contributed by atoms with Gasteiger partial charge in [-0.15, -0.1) is 0 Å². The number of nitrogens with zero attached hydrogens (tertiary/aromatic N) is 2. The predicted molar refractivity (Wildman–Crippen MR) is 84.8 cm³/mol. The first-order valence-corrected chi connectivity index (χ1v) is 9.15. The van der Waals surface area contributed by atoms with Crippen LogP contribution < -0.4 is 14.2 Å². The average molecular weight is 356 g/mol. The van der Waals surface area contributed by atoms with Crippen molar-refractivity contribution in [3.05, 3.63) is 29.8 Å². The number of aromatic nitrogens is 1. The van der Waals surface area contributed by atoms with Crippen molar-refractivity contribution in [3.63, 3.8) is 0 Å². The normalized spacial score (nSPS) is 15.9. The first kappa shape index (κ1) is 16.0. The summed E-state index contributed by atoms with van der Waals surface area (Å²) in [6.45, 7) is 0.560. The monoisotopic (exact) mass is 356 g/mol. The van der Waals surface area contributed by atoms with Crippen molar-refractivity contribution in [2.75, 3.05) is 27.3 Å². The Hall–Kier alpha value is -1.84. The fourth-order valence-electron chi connectivity index (χ4n) is 2.21. The summed E-state index contributed by atoms with van der Waals surface area (Å²) < 4.78 is 42.7. The maximum Gasteiger partial charge on any atom is 0.273 e. The van der Waals surface area contributed by atoms with E-state index in [0.717, 1.165) is 0 Å². The average Bonchev–Trinajstić information content (AvgIpc) is 3.02. The molecular formula is C14H16N2O5S2. The third-order valence-corrected chi connectivity index (χ3v) is 5.99. The highest BCUT2D eigenvalue weighted by atomic mass is 32.2. The van der Waals surface area contributed by atoms with Gasteiger partial charge in [-0.2, -0.15) is 4.31 Å². The lowest BCUT2D eigenvalue weighted by Gasteiger charge is -2.37. The van der Waals surface area contributed by atoms with E-state index >= 15 is 0 Å². The Kier molecular flexibility index (Phi) is 4.42. The largest absolute Gasteiger partial charge is 0.497 e. The summed E-state index contributed by atoms with van der Waals surface area (Å²) in [5.41, 5.74) is 0. The highest BCUT2D eigenvalue weighted by Crippen LogP contribution is 2.33. The minimum Gasteiger partial charge on any atom is -0.497 e. The van der Waals surface area contributed by atoms with Crippen LogP contribution in [0.5, 0.6) is 16.7 Å². The van der Waals surface area contributed by atoms with Gasteiger partial charge in [0.1, 0.15) is 22.5 Å². The van der Waals surface area contributed by atoms with E-state index in [9.17, 15) is 8.42 Å². The van der Waals surface area contributed by atoms with E-state index in [2.05, 4.69) is 4.98 Å². The predicted octanol–water partition coefficient (Wildman–Crippen LogP) is 1.61. The molecule has 0 saturated carbocycles. The van der Waals surface area contributed by atoms with Crippen LogP contribution in [-0.2, 0) is 10.0 Å². The van der Waals surface area contributed by atoms with Gasteiger partial charge in [-0.3, -0.25) is 0 Å². The minimum absolute atomic E-state index is 0.0899. The van der Waals surface area contributed by atoms with Crippen LogP contribution in [0.4, 0.5) is 0 Å². The van der Waals surface area contributed by atoms with Crippen LogP contribution in [0.1, 0.15) is 0 Å². The molecule has 0 amide bonds. The number of rotatable bonds is 6. The van der Waals surface area contributed by atoms with Crippen LogP contribution in [0.25, 0.3) is 0 Å². The maximum absolute atomic E-state index is 12.7. The topological polar surface area (TPSA) is 78.0 Å². The number of ether oxygens (including phenoxy) is 3. The molecule has 1 fully saturated rings. The zero-order valence-electron chi connectivity index (χ0n) is 12.6. The molecule has 0 radical (unpaired) electrons. The van der Waals surface area contributed by atoms with Crippen LogP contribution >= 0.6 is 11.3 Å². The zero-order chi connectivity index (χ0) is 16.4. The van der Waals surface area contributed by atoms with Gasteiger partial charge in [0, 0.05) is 17.6 Å². The van der Waals surface area contributed by atoms with E-state index in [4.69, 9.17) is 14.2 Å². The molecule has 7 nitrogen and oxygen atoms in total. The third kappa shape index (κ3) is 3.12. The molecule has 1 aromatic carbocycles. The molecule has 1 aromatic heterocycles. The summed E-state index contributed by atoms with van der Waals surface area (Å²) in [5, 5.41) is 2.36. The zero-order valence-corrected chi connectivity index (χ0v) is 14.3. The number of hydrogen-bond acceptors (Lipinski definition) is 7. The van der Waals surface area contributed by atoms with Crippen LogP contribution in [0.2, 0.25) is 0 Å². The van der Waals surface area contributed by atoms with Gasteiger partial charge in [-0.25, -0.2) is 13.4 Å². The van der Waals surface area contributed by atoms with Crippen LogP contribution in [0.15, 0.2) is 34.7 Å². The molecule has 23 heavy (non-hydrogen) atoms. The third-order valence-electron chi connectivity index (χ3n) is 3.48. The first-order valence-electron chi connectivity index (χ1n) is 6.83. The second kappa shape index (κ2) is 6.34. The SMILES string of the molecule is COc1ccc(OC)c(S(=O)(=O)N2CC(Oc3nccs3)C2)c1. The summed E-state index contributed by atoms with van der Waals surface area (Å²) in [7, 11) is -0.736. The fourth-order valence-corrected chi connectivity index (χ4v) is 4.43. The van der Waals surface area contributed by atoms with E-state index in [1.807, 2.05) is 5.38 Å². The lowest BCUT2D eigenvalue weighted by atomic mass is 10.2. The molecule has 0 unspecified atom stereocenters. The molecule has 1 aliphatic heterocycles. The molecule has 3 rings (SSSR count). The summed E-state index contributed by atoms with van der Waals surface area (Å²) >= 11 is 1.38. The molecule has 0 N–H and O–H groups in total. The molecule has 0 bridgehead atoms. The Balaban J connectivity index is 1.75. The Morgan fingerprint density at radius 1 is 1.26 bits per heavy atom. The van der Waals surface area contributed by atoms with Gasteiger partial charge in [-0.05, 0) is 12.1 Å². The van der Waals surface area contributed by atoms with Crippen LogP contribution in [0, 0.1) is 0 Å². The highest BCUT2D eigenvalue weighted by molar-refractivity contribution is 7.89. The van der Waals surface area contributed by atoms with E-state index in [1.54, 1.807) is 18.3 Å². The molecule has 124 valence electrons. The molecular weight excluding hydrogens is 340 g/mol. The van der Waals surface area contributed by atoms with Gasteiger partial charge >= 0.3 is 0 Å². The molecule has 0 spiro atoms. The molecule has 2 aromatic rings. The molecule has 2 heterocycles. The quantitative estimate of drug-likeness (QED) is 0.783. The molecule has 0 atom stereocenters. The van der Waals surface area contributed by atoms with Crippen molar-refractivity contribution < 1.29 is 22.6 Å². The van der Waals surface area contributed by atoms with Gasteiger partial charge in [-0.1, -0.05) is 11.3 Å². The lowest BCUT2D eigenvalue weighted by Crippen LogP contribution is -2.55. The van der Waals surface area contributed by atoms with E-state index < -0.39 is 10.0 Å². The molecule has 0 aliphatic carbocycles. The molecule has 9 heteroatoms. The Morgan fingerprint density at radius 3 is 2.65 bits per heavy atom. The number of thiazole rings is 1. The van der Waals surface area contributed by atoms with Crippen molar-refractivity contribution in [1.29, 1.82) is 0 Å². The Morgan fingerprint density at radius 2 is 2.04 bits per heavy atom. The van der Waals surface area contributed by atoms with Gasteiger partial charge in [0.05, 0.1) is 27.3 Å². The molecule has 1 aliphatic rings. The fraction of sp³-hybridized carbons (Fsp3) is 0.357. The van der Waals surface area contributed by atoms with Crippen molar-refractivity contribution in [1.82, 2.24) is 9.29 Å².